The van der Waals surface area contributed by atoms with E-state index in [1.807, 2.05) is 28.9 Å². The molecule has 0 spiro atoms. The Morgan fingerprint density at radius 2 is 2.15 bits per heavy atom. The first-order valence-corrected chi connectivity index (χ1v) is 7.01. The fraction of sp³-hybridized carbons (Fsp3) is 0.500. The molecule has 0 amide bonds. The lowest BCUT2D eigenvalue weighted by Gasteiger charge is -2.16. The molecule has 2 atom stereocenters. The first-order chi connectivity index (χ1) is 9.78. The topological polar surface area (TPSA) is 78.8 Å². The largest absolute Gasteiger partial charge is 0.399 e. The summed E-state index contributed by atoms with van der Waals surface area (Å²) in [6.45, 7) is 3.79. The predicted molar refractivity (Wildman–Crippen MR) is 75.8 cm³/mol. The van der Waals surface area contributed by atoms with Crippen LogP contribution in [0, 0.1) is 5.92 Å². The van der Waals surface area contributed by atoms with Gasteiger partial charge in [-0.15, -0.1) is 5.10 Å². The summed E-state index contributed by atoms with van der Waals surface area (Å²) in [6.07, 6.45) is 2.42. The third kappa shape index (κ3) is 2.51. The summed E-state index contributed by atoms with van der Waals surface area (Å²) in [4.78, 5) is 0. The van der Waals surface area contributed by atoms with Crippen molar-refractivity contribution in [2.45, 2.75) is 32.4 Å². The maximum absolute atomic E-state index is 5.73. The molecule has 1 saturated heterocycles. The standard InChI is InChI=1S/C14H19N5O/c1-2-13-11(7-8-20-13)9-19-14(16-17-18-19)10-3-5-12(15)6-4-10/h3-6,11,13H,2,7-9,15H2,1H3. The molecule has 1 aliphatic heterocycles. The molecule has 106 valence electrons. The molecule has 2 unspecified atom stereocenters. The SMILES string of the molecule is CCC1OCCC1Cn1nnnc1-c1ccc(N)cc1. The van der Waals surface area contributed by atoms with Gasteiger partial charge >= 0.3 is 0 Å². The van der Waals surface area contributed by atoms with Gasteiger partial charge in [-0.3, -0.25) is 0 Å². The van der Waals surface area contributed by atoms with E-state index in [0.29, 0.717) is 12.0 Å². The second kappa shape index (κ2) is 5.58. The fourth-order valence-corrected chi connectivity index (χ4v) is 2.74. The maximum Gasteiger partial charge on any atom is 0.182 e. The van der Waals surface area contributed by atoms with E-state index >= 15 is 0 Å². The van der Waals surface area contributed by atoms with Crippen molar-refractivity contribution < 1.29 is 4.74 Å². The van der Waals surface area contributed by atoms with Crippen LogP contribution in [0.25, 0.3) is 11.4 Å². The van der Waals surface area contributed by atoms with Crippen LogP contribution < -0.4 is 5.73 Å². The van der Waals surface area contributed by atoms with Gasteiger partial charge in [-0.2, -0.15) is 0 Å². The van der Waals surface area contributed by atoms with Crippen LogP contribution in [0.5, 0.6) is 0 Å². The van der Waals surface area contributed by atoms with Crippen LogP contribution in [-0.4, -0.2) is 32.9 Å². The first kappa shape index (κ1) is 13.1. The number of hydrogen-bond acceptors (Lipinski definition) is 5. The molecule has 2 N–H and O–H groups in total. The number of nitrogens with zero attached hydrogens (tertiary/aromatic N) is 4. The molecule has 0 radical (unpaired) electrons. The summed E-state index contributed by atoms with van der Waals surface area (Å²) in [6, 6.07) is 7.61. The van der Waals surface area contributed by atoms with Gasteiger partial charge in [0, 0.05) is 23.8 Å². The lowest BCUT2D eigenvalue weighted by molar-refractivity contribution is 0.0825. The van der Waals surface area contributed by atoms with Crippen molar-refractivity contribution in [2.75, 3.05) is 12.3 Å². The molecule has 6 heteroatoms. The molecule has 0 aliphatic carbocycles. The van der Waals surface area contributed by atoms with E-state index in [-0.39, 0.29) is 0 Å². The number of tetrazole rings is 1. The van der Waals surface area contributed by atoms with Crippen molar-refractivity contribution in [3.05, 3.63) is 24.3 Å². The number of benzene rings is 1. The third-order valence-corrected chi connectivity index (χ3v) is 3.86. The summed E-state index contributed by atoms with van der Waals surface area (Å²) in [7, 11) is 0. The molecule has 2 heterocycles. The van der Waals surface area contributed by atoms with Crippen molar-refractivity contribution >= 4 is 5.69 Å². The maximum atomic E-state index is 5.73. The number of rotatable bonds is 4. The van der Waals surface area contributed by atoms with E-state index in [9.17, 15) is 0 Å². The highest BCUT2D eigenvalue weighted by Gasteiger charge is 2.28. The Kier molecular flexibility index (Phi) is 3.64. The number of nitrogens with two attached hydrogens (primary N) is 1. The van der Waals surface area contributed by atoms with Crippen molar-refractivity contribution in [1.82, 2.24) is 20.2 Å². The Labute approximate surface area is 117 Å². The molecule has 2 aromatic rings. The Hall–Kier alpha value is -1.95. The Morgan fingerprint density at radius 3 is 2.90 bits per heavy atom. The number of hydrogen-bond donors (Lipinski definition) is 1. The first-order valence-electron chi connectivity index (χ1n) is 7.01. The van der Waals surface area contributed by atoms with E-state index in [0.717, 1.165) is 43.1 Å². The normalized spacial score (nSPS) is 22.2. The highest BCUT2D eigenvalue weighted by atomic mass is 16.5. The van der Waals surface area contributed by atoms with E-state index in [4.69, 9.17) is 10.5 Å². The van der Waals surface area contributed by atoms with Gasteiger partial charge in [-0.05, 0) is 47.5 Å². The van der Waals surface area contributed by atoms with Gasteiger partial charge in [-0.1, -0.05) is 6.92 Å². The monoisotopic (exact) mass is 273 g/mol. The molecule has 0 bridgehead atoms. The van der Waals surface area contributed by atoms with Crippen LogP contribution in [0.1, 0.15) is 19.8 Å². The van der Waals surface area contributed by atoms with E-state index in [2.05, 4.69) is 22.4 Å². The second-order valence-corrected chi connectivity index (χ2v) is 5.17. The Bertz CT molecular complexity index is 565. The number of ether oxygens (including phenoxy) is 1. The molecular formula is C14H19N5O. The van der Waals surface area contributed by atoms with Crippen LogP contribution in [-0.2, 0) is 11.3 Å². The predicted octanol–water partition coefficient (Wildman–Crippen LogP) is 1.74. The molecule has 6 nitrogen and oxygen atoms in total. The summed E-state index contributed by atoms with van der Waals surface area (Å²) in [5.74, 6) is 1.27. The second-order valence-electron chi connectivity index (χ2n) is 5.17. The fourth-order valence-electron chi connectivity index (χ4n) is 2.74. The smallest absolute Gasteiger partial charge is 0.182 e. The minimum Gasteiger partial charge on any atom is -0.399 e. The average Bonchev–Trinajstić information content (AvgIpc) is 3.09. The number of anilines is 1. The lowest BCUT2D eigenvalue weighted by Crippen LogP contribution is -2.21. The van der Waals surface area contributed by atoms with Crippen LogP contribution in [0.15, 0.2) is 24.3 Å². The summed E-state index contributed by atoms with van der Waals surface area (Å²) >= 11 is 0. The van der Waals surface area contributed by atoms with Gasteiger partial charge in [-0.25, -0.2) is 4.68 Å². The van der Waals surface area contributed by atoms with Crippen molar-refractivity contribution in [1.29, 1.82) is 0 Å². The van der Waals surface area contributed by atoms with Gasteiger partial charge in [0.25, 0.3) is 0 Å². The van der Waals surface area contributed by atoms with E-state index < -0.39 is 0 Å². The lowest BCUT2D eigenvalue weighted by atomic mass is 9.99. The van der Waals surface area contributed by atoms with Gasteiger partial charge < -0.3 is 10.5 Å². The van der Waals surface area contributed by atoms with Gasteiger partial charge in [0.2, 0.25) is 0 Å². The van der Waals surface area contributed by atoms with Crippen LogP contribution in [0.3, 0.4) is 0 Å². The number of nitrogen functional groups attached to an aromatic ring is 1. The minimum atomic E-state index is 0.318. The van der Waals surface area contributed by atoms with Crippen LogP contribution in [0.4, 0.5) is 5.69 Å². The zero-order chi connectivity index (χ0) is 13.9. The van der Waals surface area contributed by atoms with Crippen LogP contribution >= 0.6 is 0 Å². The molecule has 1 fully saturated rings. The highest BCUT2D eigenvalue weighted by Crippen LogP contribution is 2.26. The molecule has 3 rings (SSSR count). The van der Waals surface area contributed by atoms with Gasteiger partial charge in [0.1, 0.15) is 0 Å². The molecular weight excluding hydrogens is 254 g/mol. The minimum absolute atomic E-state index is 0.318. The highest BCUT2D eigenvalue weighted by molar-refractivity contribution is 5.58. The van der Waals surface area contributed by atoms with Crippen LogP contribution in [0.2, 0.25) is 0 Å². The van der Waals surface area contributed by atoms with Gasteiger partial charge in [0.05, 0.1) is 12.6 Å². The Balaban J connectivity index is 1.81. The van der Waals surface area contributed by atoms with Gasteiger partial charge in [0.15, 0.2) is 5.82 Å². The molecule has 1 aromatic carbocycles. The summed E-state index contributed by atoms with van der Waals surface area (Å²) in [5, 5.41) is 12.0. The molecule has 0 saturated carbocycles. The van der Waals surface area contributed by atoms with Crippen molar-refractivity contribution in [2.24, 2.45) is 5.92 Å². The zero-order valence-corrected chi connectivity index (χ0v) is 11.6. The average molecular weight is 273 g/mol. The molecule has 1 aromatic heterocycles. The summed E-state index contributed by atoms with van der Waals surface area (Å²) in [5.41, 5.74) is 7.43. The van der Waals surface area contributed by atoms with E-state index in [1.54, 1.807) is 0 Å². The quantitative estimate of drug-likeness (QED) is 0.858. The van der Waals surface area contributed by atoms with Crippen molar-refractivity contribution in [3.63, 3.8) is 0 Å². The zero-order valence-electron chi connectivity index (χ0n) is 11.6. The number of aromatic nitrogens is 4. The molecule has 1 aliphatic rings. The third-order valence-electron chi connectivity index (χ3n) is 3.86. The van der Waals surface area contributed by atoms with E-state index in [1.165, 1.54) is 0 Å². The summed E-state index contributed by atoms with van der Waals surface area (Å²) < 4.78 is 7.59. The van der Waals surface area contributed by atoms with Crippen molar-refractivity contribution in [3.8, 4) is 11.4 Å². The Morgan fingerprint density at radius 1 is 1.35 bits per heavy atom. The molecule has 20 heavy (non-hydrogen) atoms.